The van der Waals surface area contributed by atoms with Crippen molar-refractivity contribution in [2.75, 3.05) is 19.5 Å². The highest BCUT2D eigenvalue weighted by molar-refractivity contribution is 6.24. The Balaban J connectivity index is 1.71. The molecule has 8 heteroatoms. The zero-order valence-electron chi connectivity index (χ0n) is 16.7. The SMILES string of the molecule is COc1ccc(C2=NOC3(C(=O)Nc4ccccc43)C2C(=O)c2ccco2)c(OC)c1. The smallest absolute Gasteiger partial charge is 0.277 e. The number of carbonyl (C=O) groups excluding carboxylic acids is 2. The summed E-state index contributed by atoms with van der Waals surface area (Å²) >= 11 is 0. The highest BCUT2D eigenvalue weighted by Gasteiger charge is 2.64. The summed E-state index contributed by atoms with van der Waals surface area (Å²) in [6, 6.07) is 15.4. The van der Waals surface area contributed by atoms with E-state index in [-0.39, 0.29) is 11.5 Å². The lowest BCUT2D eigenvalue weighted by molar-refractivity contribution is -0.140. The molecule has 0 fully saturated rings. The average molecular weight is 418 g/mol. The summed E-state index contributed by atoms with van der Waals surface area (Å²) < 4.78 is 16.1. The maximum absolute atomic E-state index is 13.6. The number of hydrogen-bond acceptors (Lipinski definition) is 7. The molecule has 5 rings (SSSR count). The Labute approximate surface area is 177 Å². The van der Waals surface area contributed by atoms with E-state index in [9.17, 15) is 9.59 Å². The predicted octanol–water partition coefficient (Wildman–Crippen LogP) is 3.38. The molecule has 1 N–H and O–H groups in total. The van der Waals surface area contributed by atoms with E-state index in [0.29, 0.717) is 28.3 Å². The number of anilines is 1. The van der Waals surface area contributed by atoms with Gasteiger partial charge in [-0.3, -0.25) is 9.59 Å². The molecule has 8 nitrogen and oxygen atoms in total. The van der Waals surface area contributed by atoms with Crippen molar-refractivity contribution in [1.29, 1.82) is 0 Å². The van der Waals surface area contributed by atoms with Gasteiger partial charge in [-0.05, 0) is 30.3 Å². The molecule has 2 unspecified atom stereocenters. The Morgan fingerprint density at radius 1 is 1.10 bits per heavy atom. The fraction of sp³-hybridized carbons (Fsp3) is 0.174. The number of benzene rings is 2. The summed E-state index contributed by atoms with van der Waals surface area (Å²) in [5.41, 5.74) is 0.245. The van der Waals surface area contributed by atoms with E-state index in [1.165, 1.54) is 13.4 Å². The Kier molecular flexibility index (Phi) is 4.28. The van der Waals surface area contributed by atoms with Crippen molar-refractivity contribution in [3.63, 3.8) is 0 Å². The van der Waals surface area contributed by atoms with Crippen LogP contribution in [0.5, 0.6) is 11.5 Å². The van der Waals surface area contributed by atoms with Gasteiger partial charge in [0.1, 0.15) is 23.1 Å². The van der Waals surface area contributed by atoms with Gasteiger partial charge in [-0.15, -0.1) is 0 Å². The van der Waals surface area contributed by atoms with E-state index in [0.717, 1.165) is 0 Å². The molecule has 2 aliphatic rings. The minimum Gasteiger partial charge on any atom is -0.497 e. The van der Waals surface area contributed by atoms with E-state index in [4.69, 9.17) is 18.7 Å². The van der Waals surface area contributed by atoms with Crippen LogP contribution in [0.2, 0.25) is 0 Å². The number of amides is 1. The van der Waals surface area contributed by atoms with Crippen molar-refractivity contribution < 1.29 is 28.3 Å². The number of ether oxygens (including phenoxy) is 2. The van der Waals surface area contributed by atoms with Crippen molar-refractivity contribution in [3.05, 3.63) is 77.7 Å². The third-order valence-electron chi connectivity index (χ3n) is 5.59. The Bertz CT molecular complexity index is 1220. The van der Waals surface area contributed by atoms with Crippen molar-refractivity contribution in [2.24, 2.45) is 11.1 Å². The molecule has 0 radical (unpaired) electrons. The summed E-state index contributed by atoms with van der Waals surface area (Å²) in [6.45, 7) is 0. The van der Waals surface area contributed by atoms with Crippen LogP contribution in [0.4, 0.5) is 5.69 Å². The molecular weight excluding hydrogens is 400 g/mol. The van der Waals surface area contributed by atoms with Crippen LogP contribution >= 0.6 is 0 Å². The molecule has 1 amide bonds. The molecule has 1 spiro atoms. The minimum atomic E-state index is -1.65. The number of oxime groups is 1. The second kappa shape index (κ2) is 7.02. The molecular formula is C23H18N2O6. The van der Waals surface area contributed by atoms with Crippen molar-refractivity contribution in [3.8, 4) is 11.5 Å². The van der Waals surface area contributed by atoms with Crippen molar-refractivity contribution in [2.45, 2.75) is 5.60 Å². The molecule has 0 saturated carbocycles. The van der Waals surface area contributed by atoms with Gasteiger partial charge in [-0.1, -0.05) is 23.4 Å². The molecule has 0 saturated heterocycles. The molecule has 2 aliphatic heterocycles. The number of nitrogens with zero attached hydrogens (tertiary/aromatic N) is 1. The highest BCUT2D eigenvalue weighted by Crippen LogP contribution is 2.50. The van der Waals surface area contributed by atoms with Crippen LogP contribution in [0.1, 0.15) is 21.7 Å². The lowest BCUT2D eigenvalue weighted by atomic mass is 9.75. The first-order chi connectivity index (χ1) is 15.1. The summed E-state index contributed by atoms with van der Waals surface area (Å²) in [7, 11) is 3.05. The van der Waals surface area contributed by atoms with Gasteiger partial charge in [0.2, 0.25) is 5.78 Å². The van der Waals surface area contributed by atoms with E-state index in [1.807, 2.05) is 0 Å². The lowest BCUT2D eigenvalue weighted by Crippen LogP contribution is -2.46. The number of hydrogen-bond donors (Lipinski definition) is 1. The number of rotatable bonds is 5. The Morgan fingerprint density at radius 2 is 1.94 bits per heavy atom. The second-order valence-electron chi connectivity index (χ2n) is 7.14. The number of para-hydroxylation sites is 1. The summed E-state index contributed by atoms with van der Waals surface area (Å²) in [4.78, 5) is 32.7. The number of carbonyl (C=O) groups is 2. The Hall–Kier alpha value is -4.07. The third-order valence-corrected chi connectivity index (χ3v) is 5.59. The molecule has 0 bridgehead atoms. The largest absolute Gasteiger partial charge is 0.497 e. The van der Waals surface area contributed by atoms with Crippen LogP contribution in [0.15, 0.2) is 70.4 Å². The normalized spacial score (nSPS) is 21.3. The fourth-order valence-corrected chi connectivity index (χ4v) is 4.13. The van der Waals surface area contributed by atoms with Gasteiger partial charge in [-0.2, -0.15) is 0 Å². The monoisotopic (exact) mass is 418 g/mol. The zero-order chi connectivity index (χ0) is 21.6. The van der Waals surface area contributed by atoms with Gasteiger partial charge in [0.25, 0.3) is 11.5 Å². The average Bonchev–Trinajstić information content (AvgIpc) is 3.53. The number of fused-ring (bicyclic) bond motifs is 2. The van der Waals surface area contributed by atoms with E-state index in [1.54, 1.807) is 61.7 Å². The van der Waals surface area contributed by atoms with Crippen LogP contribution in [0.25, 0.3) is 0 Å². The van der Waals surface area contributed by atoms with Crippen LogP contribution in [0, 0.1) is 5.92 Å². The predicted molar refractivity (Wildman–Crippen MR) is 110 cm³/mol. The molecule has 2 atom stereocenters. The van der Waals surface area contributed by atoms with E-state index in [2.05, 4.69) is 10.5 Å². The molecule has 2 aromatic carbocycles. The van der Waals surface area contributed by atoms with Gasteiger partial charge in [0, 0.05) is 22.9 Å². The van der Waals surface area contributed by atoms with Crippen LogP contribution in [0.3, 0.4) is 0 Å². The molecule has 3 heterocycles. The first kappa shape index (κ1) is 18.9. The Morgan fingerprint density at radius 3 is 2.68 bits per heavy atom. The topological polar surface area (TPSA) is 99.4 Å². The fourth-order valence-electron chi connectivity index (χ4n) is 4.13. The van der Waals surface area contributed by atoms with Crippen molar-refractivity contribution in [1.82, 2.24) is 0 Å². The van der Waals surface area contributed by atoms with Gasteiger partial charge >= 0.3 is 0 Å². The van der Waals surface area contributed by atoms with Crippen LogP contribution in [-0.4, -0.2) is 31.6 Å². The van der Waals surface area contributed by atoms with E-state index < -0.39 is 23.2 Å². The first-order valence-electron chi connectivity index (χ1n) is 9.57. The lowest BCUT2D eigenvalue weighted by Gasteiger charge is -2.26. The van der Waals surface area contributed by atoms with Gasteiger partial charge in [0.15, 0.2) is 5.76 Å². The summed E-state index contributed by atoms with van der Waals surface area (Å²) in [6.07, 6.45) is 1.41. The summed E-state index contributed by atoms with van der Waals surface area (Å²) in [5, 5.41) is 7.05. The number of ketones is 1. The number of nitrogens with one attached hydrogen (secondary N) is 1. The van der Waals surface area contributed by atoms with Gasteiger partial charge in [-0.25, -0.2) is 0 Å². The molecule has 3 aromatic rings. The molecule has 31 heavy (non-hydrogen) atoms. The van der Waals surface area contributed by atoms with Crippen LogP contribution < -0.4 is 14.8 Å². The maximum atomic E-state index is 13.6. The van der Waals surface area contributed by atoms with Gasteiger partial charge in [0.05, 0.1) is 20.5 Å². The maximum Gasteiger partial charge on any atom is 0.277 e. The second-order valence-corrected chi connectivity index (χ2v) is 7.14. The zero-order valence-corrected chi connectivity index (χ0v) is 16.7. The molecule has 1 aromatic heterocycles. The quantitative estimate of drug-likeness (QED) is 0.638. The van der Waals surface area contributed by atoms with Gasteiger partial charge < -0.3 is 24.0 Å². The number of methoxy groups -OCH3 is 2. The van der Waals surface area contributed by atoms with E-state index >= 15 is 0 Å². The summed E-state index contributed by atoms with van der Waals surface area (Å²) in [5.74, 6) is -0.872. The number of furan rings is 1. The molecule has 156 valence electrons. The third kappa shape index (κ3) is 2.64. The first-order valence-corrected chi connectivity index (χ1v) is 9.57. The standard InChI is InChI=1S/C23H18N2O6/c1-28-13-9-10-14(18(12-13)29-2)20-19(21(26)17-8-5-11-30-17)23(31-25-20)15-6-3-4-7-16(15)24-22(23)27/h3-12,19H,1-2H3,(H,24,27). The highest BCUT2D eigenvalue weighted by atomic mass is 16.7. The number of Topliss-reactive ketones (excluding diaryl/α,β-unsaturated/α-hetero) is 1. The van der Waals surface area contributed by atoms with Crippen molar-refractivity contribution >= 4 is 23.1 Å². The minimum absolute atomic E-state index is 0.104. The van der Waals surface area contributed by atoms with Crippen LogP contribution in [-0.2, 0) is 15.2 Å². The molecule has 0 aliphatic carbocycles.